The number of ether oxygens (including phenoxy) is 1. The minimum atomic E-state index is 0.611. The zero-order valence-electron chi connectivity index (χ0n) is 15.5. The Morgan fingerprint density at radius 3 is 2.67 bits per heavy atom. The average molecular weight is 383 g/mol. The number of aromatic nitrogens is 2. The minimum Gasteiger partial charge on any atom is -0.496 e. The summed E-state index contributed by atoms with van der Waals surface area (Å²) in [6, 6.07) is 17.7. The first-order valence-electron chi connectivity index (χ1n) is 8.84. The first-order valence-corrected chi connectivity index (χ1v) is 9.21. The predicted octanol–water partition coefficient (Wildman–Crippen LogP) is 4.71. The van der Waals surface area contributed by atoms with Crippen LogP contribution >= 0.6 is 11.6 Å². The third kappa shape index (κ3) is 5.59. The second kappa shape index (κ2) is 9.24. The molecule has 0 radical (unpaired) electrons. The van der Waals surface area contributed by atoms with Crippen LogP contribution in [-0.2, 0) is 13.0 Å². The van der Waals surface area contributed by atoms with Crippen molar-refractivity contribution in [3.05, 3.63) is 76.4 Å². The molecule has 2 aromatic carbocycles. The first kappa shape index (κ1) is 19.0. The van der Waals surface area contributed by atoms with Crippen LogP contribution in [-0.4, -0.2) is 23.6 Å². The number of hydrogen-bond donors (Lipinski definition) is 2. The molecule has 0 fully saturated rings. The molecule has 0 aliphatic heterocycles. The molecule has 27 heavy (non-hydrogen) atoms. The summed E-state index contributed by atoms with van der Waals surface area (Å²) in [6.07, 6.45) is 0.849. The van der Waals surface area contributed by atoms with Gasteiger partial charge in [-0.15, -0.1) is 0 Å². The smallest absolute Gasteiger partial charge is 0.224 e. The number of rotatable bonds is 8. The van der Waals surface area contributed by atoms with Gasteiger partial charge < -0.3 is 15.4 Å². The van der Waals surface area contributed by atoms with Crippen molar-refractivity contribution in [1.29, 1.82) is 0 Å². The van der Waals surface area contributed by atoms with Gasteiger partial charge in [0.05, 0.1) is 7.11 Å². The molecule has 0 aliphatic carbocycles. The van der Waals surface area contributed by atoms with E-state index < -0.39 is 0 Å². The van der Waals surface area contributed by atoms with Crippen LogP contribution in [0.25, 0.3) is 0 Å². The molecule has 3 rings (SSSR count). The summed E-state index contributed by atoms with van der Waals surface area (Å²) < 4.78 is 5.39. The summed E-state index contributed by atoms with van der Waals surface area (Å²) >= 11 is 6.03. The van der Waals surface area contributed by atoms with Gasteiger partial charge in [0.25, 0.3) is 0 Å². The number of nitrogens with zero attached hydrogens (tertiary/aromatic N) is 2. The van der Waals surface area contributed by atoms with Gasteiger partial charge in [-0.1, -0.05) is 41.9 Å². The molecular weight excluding hydrogens is 360 g/mol. The maximum Gasteiger partial charge on any atom is 0.224 e. The van der Waals surface area contributed by atoms with Crippen LogP contribution in [0.2, 0.25) is 5.02 Å². The standard InChI is InChI=1S/C21H23ClN4O/c1-15-12-20(24-14-17-7-3-4-9-19(17)27-2)26-21(25-15)23-11-10-16-6-5-8-18(22)13-16/h3-9,12-13H,10-11,14H2,1-2H3,(H2,23,24,25,26). The van der Waals surface area contributed by atoms with Crippen molar-refractivity contribution in [3.8, 4) is 5.75 Å². The topological polar surface area (TPSA) is 59.1 Å². The Kier molecular flexibility index (Phi) is 6.49. The number of nitrogens with one attached hydrogen (secondary N) is 2. The fourth-order valence-electron chi connectivity index (χ4n) is 2.78. The third-order valence-electron chi connectivity index (χ3n) is 4.09. The molecule has 0 unspecified atom stereocenters. The SMILES string of the molecule is COc1ccccc1CNc1cc(C)nc(NCCc2cccc(Cl)c2)n1. The summed E-state index contributed by atoms with van der Waals surface area (Å²) in [5.41, 5.74) is 3.15. The summed E-state index contributed by atoms with van der Waals surface area (Å²) in [6.45, 7) is 3.32. The normalized spacial score (nSPS) is 10.5. The zero-order valence-corrected chi connectivity index (χ0v) is 16.3. The Morgan fingerprint density at radius 2 is 1.85 bits per heavy atom. The van der Waals surface area contributed by atoms with E-state index in [9.17, 15) is 0 Å². The molecule has 3 aromatic rings. The van der Waals surface area contributed by atoms with E-state index in [0.717, 1.165) is 40.8 Å². The molecule has 1 aromatic heterocycles. The average Bonchev–Trinajstić information content (AvgIpc) is 2.66. The van der Waals surface area contributed by atoms with E-state index in [0.29, 0.717) is 12.5 Å². The number of halogens is 1. The number of para-hydroxylation sites is 1. The van der Waals surface area contributed by atoms with Gasteiger partial charge in [-0.05, 0) is 37.1 Å². The van der Waals surface area contributed by atoms with Gasteiger partial charge in [-0.3, -0.25) is 0 Å². The lowest BCUT2D eigenvalue weighted by atomic mass is 10.1. The fraction of sp³-hybridized carbons (Fsp3) is 0.238. The molecule has 5 nitrogen and oxygen atoms in total. The van der Waals surface area contributed by atoms with Crippen LogP contribution in [0.15, 0.2) is 54.6 Å². The number of anilines is 2. The fourth-order valence-corrected chi connectivity index (χ4v) is 3.00. The van der Waals surface area contributed by atoms with Crippen LogP contribution in [0.3, 0.4) is 0 Å². The Hall–Kier alpha value is -2.79. The van der Waals surface area contributed by atoms with Gasteiger partial charge in [0.15, 0.2) is 0 Å². The van der Waals surface area contributed by atoms with Crippen LogP contribution in [0.5, 0.6) is 5.75 Å². The lowest BCUT2D eigenvalue weighted by Gasteiger charge is -2.12. The van der Waals surface area contributed by atoms with E-state index in [1.807, 2.05) is 55.5 Å². The Bertz CT molecular complexity index is 901. The Balaban J connectivity index is 1.60. The van der Waals surface area contributed by atoms with Crippen molar-refractivity contribution >= 4 is 23.4 Å². The molecule has 0 bridgehead atoms. The van der Waals surface area contributed by atoms with E-state index in [2.05, 4.69) is 26.7 Å². The maximum absolute atomic E-state index is 6.03. The molecule has 0 atom stereocenters. The van der Waals surface area contributed by atoms with Crippen LogP contribution in [0.4, 0.5) is 11.8 Å². The van der Waals surface area contributed by atoms with Crippen LogP contribution in [0.1, 0.15) is 16.8 Å². The van der Waals surface area contributed by atoms with Crippen molar-refractivity contribution in [2.75, 3.05) is 24.3 Å². The van der Waals surface area contributed by atoms with Gasteiger partial charge in [0, 0.05) is 35.4 Å². The Morgan fingerprint density at radius 1 is 1.00 bits per heavy atom. The summed E-state index contributed by atoms with van der Waals surface area (Å²) in [4.78, 5) is 9.01. The molecule has 0 aliphatic rings. The molecule has 0 spiro atoms. The van der Waals surface area contributed by atoms with E-state index in [4.69, 9.17) is 16.3 Å². The largest absolute Gasteiger partial charge is 0.496 e. The quantitative estimate of drug-likeness (QED) is 0.590. The highest BCUT2D eigenvalue weighted by Gasteiger charge is 2.05. The molecule has 0 amide bonds. The lowest BCUT2D eigenvalue weighted by molar-refractivity contribution is 0.410. The van der Waals surface area contributed by atoms with Gasteiger partial charge in [0.1, 0.15) is 11.6 Å². The van der Waals surface area contributed by atoms with Gasteiger partial charge in [-0.2, -0.15) is 4.98 Å². The van der Waals surface area contributed by atoms with Crippen molar-refractivity contribution in [3.63, 3.8) is 0 Å². The van der Waals surface area contributed by atoms with Crippen LogP contribution < -0.4 is 15.4 Å². The van der Waals surface area contributed by atoms with Crippen molar-refractivity contribution < 1.29 is 4.74 Å². The second-order valence-corrected chi connectivity index (χ2v) is 6.63. The van der Waals surface area contributed by atoms with Gasteiger partial charge >= 0.3 is 0 Å². The van der Waals surface area contributed by atoms with Crippen molar-refractivity contribution in [2.24, 2.45) is 0 Å². The summed E-state index contributed by atoms with van der Waals surface area (Å²) in [7, 11) is 1.68. The number of aryl methyl sites for hydroxylation is 1. The highest BCUT2D eigenvalue weighted by atomic mass is 35.5. The van der Waals surface area contributed by atoms with Gasteiger partial charge in [-0.25, -0.2) is 4.98 Å². The monoisotopic (exact) mass is 382 g/mol. The number of hydrogen-bond acceptors (Lipinski definition) is 5. The molecule has 0 saturated heterocycles. The maximum atomic E-state index is 6.03. The highest BCUT2D eigenvalue weighted by Crippen LogP contribution is 2.19. The molecule has 1 heterocycles. The van der Waals surface area contributed by atoms with Crippen molar-refractivity contribution in [2.45, 2.75) is 19.9 Å². The number of benzene rings is 2. The molecular formula is C21H23ClN4O. The third-order valence-corrected chi connectivity index (χ3v) is 4.33. The van der Waals surface area contributed by atoms with Gasteiger partial charge in [0.2, 0.25) is 5.95 Å². The molecule has 0 saturated carbocycles. The first-order chi connectivity index (χ1) is 13.1. The summed E-state index contributed by atoms with van der Waals surface area (Å²) in [5.74, 6) is 2.24. The molecule has 2 N–H and O–H groups in total. The lowest BCUT2D eigenvalue weighted by Crippen LogP contribution is -2.11. The zero-order chi connectivity index (χ0) is 19.1. The highest BCUT2D eigenvalue weighted by molar-refractivity contribution is 6.30. The van der Waals surface area contributed by atoms with E-state index in [1.165, 1.54) is 5.56 Å². The van der Waals surface area contributed by atoms with E-state index >= 15 is 0 Å². The molecule has 140 valence electrons. The predicted molar refractivity (Wildman–Crippen MR) is 111 cm³/mol. The van der Waals surface area contributed by atoms with E-state index in [-0.39, 0.29) is 0 Å². The summed E-state index contributed by atoms with van der Waals surface area (Å²) in [5, 5.41) is 7.38. The minimum absolute atomic E-state index is 0.611. The second-order valence-electron chi connectivity index (χ2n) is 6.19. The van der Waals surface area contributed by atoms with E-state index in [1.54, 1.807) is 7.11 Å². The molecule has 6 heteroatoms. The Labute approximate surface area is 164 Å². The van der Waals surface area contributed by atoms with Crippen LogP contribution in [0, 0.1) is 6.92 Å². The number of methoxy groups -OCH3 is 1. The van der Waals surface area contributed by atoms with Crippen molar-refractivity contribution in [1.82, 2.24) is 9.97 Å².